The van der Waals surface area contributed by atoms with E-state index in [4.69, 9.17) is 23.2 Å². The first-order valence-corrected chi connectivity index (χ1v) is 3.17. The van der Waals surface area contributed by atoms with E-state index < -0.39 is 11.0 Å². The zero-order chi connectivity index (χ0) is 6.85. The Labute approximate surface area is 61.9 Å². The van der Waals surface area contributed by atoms with Gasteiger partial charge in [-0.05, 0) is 0 Å². The first-order chi connectivity index (χ1) is 4.20. The van der Waals surface area contributed by atoms with E-state index >= 15 is 0 Å². The maximum Gasteiger partial charge on any atom is 0.330 e. The second kappa shape index (κ2) is 2.60. The molecule has 1 aliphatic heterocycles. The molecule has 4 nitrogen and oxygen atoms in total. The number of hydrogen-bond donors (Lipinski definition) is 3. The number of hydrogen-bond acceptors (Lipinski definition) is 2. The highest BCUT2D eigenvalue weighted by atomic mass is 35.5. The van der Waals surface area contributed by atoms with Crippen molar-refractivity contribution in [2.45, 2.75) is 11.0 Å². The molecular weight excluding hydrogens is 165 g/mol. The van der Waals surface area contributed by atoms with Crippen LogP contribution >= 0.6 is 23.2 Å². The average molecular weight is 170 g/mol. The summed E-state index contributed by atoms with van der Waals surface area (Å²) in [5.41, 5.74) is 3.68. The zero-order valence-electron chi connectivity index (χ0n) is 4.32. The van der Waals surface area contributed by atoms with Crippen LogP contribution in [0.25, 0.3) is 0 Å². The molecule has 2 unspecified atom stereocenters. The van der Waals surface area contributed by atoms with Crippen molar-refractivity contribution in [2.24, 2.45) is 0 Å². The molecule has 1 rings (SSSR count). The number of rotatable bonds is 0. The number of nitrogens with one attached hydrogen (secondary N) is 3. The number of carbonyl (C=O) groups is 1. The largest absolute Gasteiger partial charge is 0.330 e. The highest BCUT2D eigenvalue weighted by Crippen LogP contribution is 2.04. The molecule has 2 amide bonds. The first-order valence-electron chi connectivity index (χ1n) is 2.30. The van der Waals surface area contributed by atoms with Crippen LogP contribution < -0.4 is 16.2 Å². The van der Waals surface area contributed by atoms with Gasteiger partial charge in [0, 0.05) is 0 Å². The van der Waals surface area contributed by atoms with Gasteiger partial charge in [0.1, 0.15) is 11.0 Å². The van der Waals surface area contributed by atoms with Gasteiger partial charge < -0.3 is 5.32 Å². The highest BCUT2D eigenvalue weighted by Gasteiger charge is 2.23. The van der Waals surface area contributed by atoms with Crippen molar-refractivity contribution < 1.29 is 4.79 Å². The Morgan fingerprint density at radius 1 is 1.33 bits per heavy atom. The standard InChI is InChI=1S/C3H5Cl2N3O/c4-1-2(5)7-8-3(9)6-1/h1-2,7H,(H2,6,8,9). The van der Waals surface area contributed by atoms with Crippen molar-refractivity contribution in [3.63, 3.8) is 0 Å². The lowest BCUT2D eigenvalue weighted by Gasteiger charge is -2.24. The van der Waals surface area contributed by atoms with Gasteiger partial charge in [-0.1, -0.05) is 11.6 Å². The van der Waals surface area contributed by atoms with Crippen LogP contribution in [-0.2, 0) is 0 Å². The second-order valence-electron chi connectivity index (χ2n) is 1.55. The fourth-order valence-corrected chi connectivity index (χ4v) is 0.722. The van der Waals surface area contributed by atoms with E-state index in [0.29, 0.717) is 0 Å². The summed E-state index contributed by atoms with van der Waals surface area (Å²) in [5.74, 6) is 0. The molecule has 0 aliphatic carbocycles. The van der Waals surface area contributed by atoms with E-state index in [1.54, 1.807) is 0 Å². The third kappa shape index (κ3) is 1.61. The van der Waals surface area contributed by atoms with Crippen molar-refractivity contribution in [2.75, 3.05) is 0 Å². The molecule has 0 aromatic rings. The monoisotopic (exact) mass is 169 g/mol. The number of amides is 2. The predicted octanol–water partition coefficient (Wildman–Crippen LogP) is -0.0664. The molecule has 6 heteroatoms. The second-order valence-corrected chi connectivity index (χ2v) is 2.49. The molecule has 3 N–H and O–H groups in total. The van der Waals surface area contributed by atoms with E-state index in [1.807, 2.05) is 0 Å². The molecule has 2 atom stereocenters. The van der Waals surface area contributed by atoms with Gasteiger partial charge in [0.05, 0.1) is 0 Å². The van der Waals surface area contributed by atoms with E-state index in [2.05, 4.69) is 16.2 Å². The smallest absolute Gasteiger partial charge is 0.318 e. The van der Waals surface area contributed by atoms with E-state index in [9.17, 15) is 4.79 Å². The van der Waals surface area contributed by atoms with Crippen molar-refractivity contribution >= 4 is 29.2 Å². The van der Waals surface area contributed by atoms with Gasteiger partial charge in [0.2, 0.25) is 0 Å². The van der Waals surface area contributed by atoms with Crippen LogP contribution in [0.4, 0.5) is 4.79 Å². The van der Waals surface area contributed by atoms with Crippen LogP contribution in [-0.4, -0.2) is 17.0 Å². The number of alkyl halides is 2. The molecule has 1 saturated heterocycles. The molecule has 52 valence electrons. The van der Waals surface area contributed by atoms with E-state index in [1.165, 1.54) is 0 Å². The third-order valence-electron chi connectivity index (χ3n) is 0.850. The zero-order valence-corrected chi connectivity index (χ0v) is 5.83. The van der Waals surface area contributed by atoms with Gasteiger partial charge in [-0.3, -0.25) is 5.43 Å². The summed E-state index contributed by atoms with van der Waals surface area (Å²) in [6.07, 6.45) is 0. The molecule has 0 aromatic carbocycles. The number of halogens is 2. The predicted molar refractivity (Wildman–Crippen MR) is 34.1 cm³/mol. The Kier molecular flexibility index (Phi) is 2.00. The first kappa shape index (κ1) is 6.92. The van der Waals surface area contributed by atoms with Crippen LogP contribution in [0, 0.1) is 0 Å². The molecule has 1 fully saturated rings. The van der Waals surface area contributed by atoms with Crippen LogP contribution in [0.1, 0.15) is 0 Å². The molecule has 0 spiro atoms. The number of urea groups is 1. The minimum atomic E-state index is -0.555. The molecule has 1 heterocycles. The third-order valence-corrected chi connectivity index (χ3v) is 1.70. The quantitative estimate of drug-likeness (QED) is 0.352. The fraction of sp³-hybridized carbons (Fsp3) is 0.667. The van der Waals surface area contributed by atoms with Gasteiger partial charge in [0.15, 0.2) is 0 Å². The molecule has 0 radical (unpaired) electrons. The molecule has 9 heavy (non-hydrogen) atoms. The van der Waals surface area contributed by atoms with Crippen molar-refractivity contribution in [1.29, 1.82) is 0 Å². The SMILES string of the molecule is O=C1NNC(Cl)C(Cl)N1. The van der Waals surface area contributed by atoms with Crippen molar-refractivity contribution in [1.82, 2.24) is 16.2 Å². The van der Waals surface area contributed by atoms with Gasteiger partial charge in [-0.25, -0.2) is 10.2 Å². The topological polar surface area (TPSA) is 53.2 Å². The summed E-state index contributed by atoms with van der Waals surface area (Å²) >= 11 is 11.0. The summed E-state index contributed by atoms with van der Waals surface area (Å²) in [6, 6.07) is -0.369. The Morgan fingerprint density at radius 2 is 2.00 bits per heavy atom. The van der Waals surface area contributed by atoms with Crippen molar-refractivity contribution in [3.05, 3.63) is 0 Å². The molecule has 0 bridgehead atoms. The van der Waals surface area contributed by atoms with Crippen LogP contribution in [0.2, 0.25) is 0 Å². The maximum atomic E-state index is 10.4. The number of carbonyl (C=O) groups excluding carboxylic acids is 1. The Balaban J connectivity index is 2.44. The maximum absolute atomic E-state index is 10.4. The molecule has 0 saturated carbocycles. The highest BCUT2D eigenvalue weighted by molar-refractivity contribution is 6.30. The summed E-state index contributed by atoms with van der Waals surface area (Å²) in [4.78, 5) is 10.4. The molecule has 1 aliphatic rings. The van der Waals surface area contributed by atoms with E-state index in [0.717, 1.165) is 0 Å². The average Bonchev–Trinajstić information content (AvgIpc) is 1.80. The van der Waals surface area contributed by atoms with Crippen molar-refractivity contribution in [3.8, 4) is 0 Å². The Hall–Kier alpha value is -0.190. The summed E-state index contributed by atoms with van der Waals surface area (Å²) in [6.45, 7) is 0. The van der Waals surface area contributed by atoms with Crippen LogP contribution in [0.3, 0.4) is 0 Å². The summed E-state index contributed by atoms with van der Waals surface area (Å²) in [7, 11) is 0. The van der Waals surface area contributed by atoms with Crippen LogP contribution in [0.5, 0.6) is 0 Å². The summed E-state index contributed by atoms with van der Waals surface area (Å²) < 4.78 is 0. The van der Waals surface area contributed by atoms with Gasteiger partial charge in [0.25, 0.3) is 0 Å². The lowest BCUT2D eigenvalue weighted by atomic mass is 10.6. The minimum absolute atomic E-state index is 0.369. The normalized spacial score (nSPS) is 35.1. The van der Waals surface area contributed by atoms with Gasteiger partial charge >= 0.3 is 6.03 Å². The Bertz CT molecular complexity index is 130. The van der Waals surface area contributed by atoms with Gasteiger partial charge in [-0.2, -0.15) is 0 Å². The minimum Gasteiger partial charge on any atom is -0.318 e. The van der Waals surface area contributed by atoms with Crippen LogP contribution in [0.15, 0.2) is 0 Å². The Morgan fingerprint density at radius 3 is 2.44 bits per heavy atom. The fourth-order valence-electron chi connectivity index (χ4n) is 0.442. The lowest BCUT2D eigenvalue weighted by molar-refractivity contribution is 0.225. The summed E-state index contributed by atoms with van der Waals surface area (Å²) in [5, 5.41) is 2.35. The van der Waals surface area contributed by atoms with Gasteiger partial charge in [-0.15, -0.1) is 11.6 Å². The van der Waals surface area contributed by atoms with E-state index in [-0.39, 0.29) is 6.03 Å². The number of hydrazine groups is 1. The molecular formula is C3H5Cl2N3O. The lowest BCUT2D eigenvalue weighted by Crippen LogP contribution is -2.60. The molecule has 0 aromatic heterocycles.